The molecule has 2 heterocycles. The van der Waals surface area contributed by atoms with Crippen molar-refractivity contribution in [2.24, 2.45) is 0 Å². The largest absolute Gasteiger partial charge is 0.417 e. The average molecular weight is 431 g/mol. The van der Waals surface area contributed by atoms with E-state index in [1.807, 2.05) is 42.5 Å². The Hall–Kier alpha value is -3.39. The molecule has 0 aliphatic heterocycles. The third kappa shape index (κ3) is 3.99. The smallest absolute Gasteiger partial charge is 0.345 e. The van der Waals surface area contributed by atoms with Crippen molar-refractivity contribution in [1.29, 1.82) is 0 Å². The quantitative estimate of drug-likeness (QED) is 0.495. The van der Waals surface area contributed by atoms with Crippen LogP contribution in [0.3, 0.4) is 0 Å². The van der Waals surface area contributed by atoms with E-state index >= 15 is 0 Å². The number of rotatable bonds is 4. The normalized spacial score (nSPS) is 11.6. The van der Waals surface area contributed by atoms with Gasteiger partial charge in [0.1, 0.15) is 0 Å². The number of carbonyl (C=O) groups is 1. The highest BCUT2D eigenvalue weighted by molar-refractivity contribution is 6.33. The molecule has 0 saturated carbocycles. The average Bonchev–Trinajstić information content (AvgIpc) is 3.16. The number of hydrogen-bond donors (Lipinski definition) is 1. The van der Waals surface area contributed by atoms with Crippen LogP contribution in [0, 0.1) is 0 Å². The molecule has 5 nitrogen and oxygen atoms in total. The molecule has 4 aromatic rings. The van der Waals surface area contributed by atoms with Crippen molar-refractivity contribution in [3.05, 3.63) is 88.8 Å². The predicted octanol–water partition coefficient (Wildman–Crippen LogP) is 5.00. The van der Waals surface area contributed by atoms with Gasteiger partial charge in [-0.1, -0.05) is 54.1 Å². The number of halogens is 4. The molecule has 0 fully saturated rings. The zero-order valence-corrected chi connectivity index (χ0v) is 16.1. The number of fused-ring (bicyclic) bond motifs is 1. The third-order valence-electron chi connectivity index (χ3n) is 4.52. The SMILES string of the molecule is O=C(NCc1nnc2c(Cl)cc(C(F)(F)F)cn12)c1ccc(-c2ccccc2)cc1. The highest BCUT2D eigenvalue weighted by atomic mass is 35.5. The van der Waals surface area contributed by atoms with Crippen LogP contribution < -0.4 is 5.32 Å². The van der Waals surface area contributed by atoms with Crippen molar-refractivity contribution in [3.8, 4) is 11.1 Å². The Labute approximate surface area is 174 Å². The predicted molar refractivity (Wildman–Crippen MR) is 106 cm³/mol. The zero-order chi connectivity index (χ0) is 21.3. The van der Waals surface area contributed by atoms with Crippen LogP contribution in [0.4, 0.5) is 13.2 Å². The van der Waals surface area contributed by atoms with Gasteiger partial charge in [-0.15, -0.1) is 10.2 Å². The lowest BCUT2D eigenvalue weighted by atomic mass is 10.0. The first kappa shape index (κ1) is 19.9. The summed E-state index contributed by atoms with van der Waals surface area (Å²) in [5.41, 5.74) is 1.56. The van der Waals surface area contributed by atoms with Crippen molar-refractivity contribution >= 4 is 23.2 Å². The fraction of sp³-hybridized carbons (Fsp3) is 0.0952. The van der Waals surface area contributed by atoms with Crippen LogP contribution in [0.15, 0.2) is 66.9 Å². The third-order valence-corrected chi connectivity index (χ3v) is 4.80. The number of hydrogen-bond acceptors (Lipinski definition) is 3. The molecule has 0 aliphatic rings. The lowest BCUT2D eigenvalue weighted by Gasteiger charge is -2.09. The number of amides is 1. The lowest BCUT2D eigenvalue weighted by Crippen LogP contribution is -2.24. The highest BCUT2D eigenvalue weighted by Crippen LogP contribution is 2.32. The summed E-state index contributed by atoms with van der Waals surface area (Å²) >= 11 is 5.89. The molecule has 1 N–H and O–H groups in total. The van der Waals surface area contributed by atoms with Crippen molar-refractivity contribution in [2.45, 2.75) is 12.7 Å². The molecule has 0 radical (unpaired) electrons. The molecule has 4 rings (SSSR count). The van der Waals surface area contributed by atoms with Crippen molar-refractivity contribution < 1.29 is 18.0 Å². The monoisotopic (exact) mass is 430 g/mol. The van der Waals surface area contributed by atoms with Crippen LogP contribution >= 0.6 is 11.6 Å². The van der Waals surface area contributed by atoms with Gasteiger partial charge in [-0.05, 0) is 29.3 Å². The Morgan fingerprint density at radius 1 is 1.00 bits per heavy atom. The molecule has 2 aromatic carbocycles. The van der Waals surface area contributed by atoms with Gasteiger partial charge >= 0.3 is 6.18 Å². The number of nitrogens with zero attached hydrogens (tertiary/aromatic N) is 3. The molecule has 30 heavy (non-hydrogen) atoms. The minimum atomic E-state index is -4.57. The van der Waals surface area contributed by atoms with Crippen LogP contribution in [0.1, 0.15) is 21.7 Å². The number of carbonyl (C=O) groups excluding carboxylic acids is 1. The van der Waals surface area contributed by atoms with E-state index in [2.05, 4.69) is 15.5 Å². The summed E-state index contributed by atoms with van der Waals surface area (Å²) in [5.74, 6) is -0.253. The minimum absolute atomic E-state index is 0.0844. The summed E-state index contributed by atoms with van der Waals surface area (Å²) in [5, 5.41) is 10.1. The van der Waals surface area contributed by atoms with E-state index in [0.29, 0.717) is 5.56 Å². The summed E-state index contributed by atoms with van der Waals surface area (Å²) in [6.45, 7) is -0.113. The maximum Gasteiger partial charge on any atom is 0.417 e. The molecular weight excluding hydrogens is 417 g/mol. The summed E-state index contributed by atoms with van der Waals surface area (Å²) in [6.07, 6.45) is -3.71. The first-order valence-corrected chi connectivity index (χ1v) is 9.25. The van der Waals surface area contributed by atoms with Gasteiger partial charge in [0.15, 0.2) is 11.5 Å². The Morgan fingerprint density at radius 2 is 1.67 bits per heavy atom. The summed E-state index contributed by atoms with van der Waals surface area (Å²) < 4.78 is 40.3. The van der Waals surface area contributed by atoms with Gasteiger partial charge in [0, 0.05) is 11.8 Å². The van der Waals surface area contributed by atoms with E-state index < -0.39 is 11.7 Å². The second kappa shape index (κ2) is 7.79. The van der Waals surface area contributed by atoms with E-state index in [4.69, 9.17) is 11.6 Å². The first-order valence-electron chi connectivity index (χ1n) is 8.87. The fourth-order valence-electron chi connectivity index (χ4n) is 2.98. The van der Waals surface area contributed by atoms with Crippen LogP contribution in [0.25, 0.3) is 16.8 Å². The molecule has 0 saturated heterocycles. The zero-order valence-electron chi connectivity index (χ0n) is 15.3. The molecule has 9 heteroatoms. The van der Waals surface area contributed by atoms with Gasteiger partial charge in [-0.2, -0.15) is 13.2 Å². The standard InChI is InChI=1S/C21H14ClF3N4O/c22-17-10-16(21(23,24)25)12-29-18(27-28-19(17)29)11-26-20(30)15-8-6-14(7-9-15)13-4-2-1-3-5-13/h1-10,12H,11H2,(H,26,30). The molecule has 1 amide bonds. The fourth-order valence-corrected chi connectivity index (χ4v) is 3.23. The first-order chi connectivity index (χ1) is 14.3. The van der Waals surface area contributed by atoms with Crippen LogP contribution in [-0.2, 0) is 12.7 Å². The van der Waals surface area contributed by atoms with E-state index in [-0.39, 0.29) is 28.9 Å². The van der Waals surface area contributed by atoms with Gasteiger partial charge in [0.25, 0.3) is 5.91 Å². The molecule has 152 valence electrons. The number of alkyl halides is 3. The van der Waals surface area contributed by atoms with E-state index in [1.165, 1.54) is 0 Å². The Kier molecular flexibility index (Phi) is 5.17. The molecule has 0 atom stereocenters. The van der Waals surface area contributed by atoms with Crippen LogP contribution in [0.2, 0.25) is 5.02 Å². The maximum absolute atomic E-state index is 13.0. The lowest BCUT2D eigenvalue weighted by molar-refractivity contribution is -0.137. The van der Waals surface area contributed by atoms with E-state index in [1.54, 1.807) is 12.1 Å². The Bertz CT molecular complexity index is 1200. The molecule has 0 spiro atoms. The number of pyridine rings is 1. The van der Waals surface area contributed by atoms with Gasteiger partial charge in [0.05, 0.1) is 17.1 Å². The van der Waals surface area contributed by atoms with Gasteiger partial charge in [-0.25, -0.2) is 0 Å². The second-order valence-corrected chi connectivity index (χ2v) is 6.92. The maximum atomic E-state index is 13.0. The molecular formula is C21H14ClF3N4O. The molecule has 0 aliphatic carbocycles. The van der Waals surface area contributed by atoms with Crippen LogP contribution in [0.5, 0.6) is 0 Å². The minimum Gasteiger partial charge on any atom is -0.345 e. The summed E-state index contributed by atoms with van der Waals surface area (Å²) in [4.78, 5) is 12.4. The number of aromatic nitrogens is 3. The van der Waals surface area contributed by atoms with Crippen molar-refractivity contribution in [2.75, 3.05) is 0 Å². The second-order valence-electron chi connectivity index (χ2n) is 6.51. The van der Waals surface area contributed by atoms with Crippen molar-refractivity contribution in [3.63, 3.8) is 0 Å². The Balaban J connectivity index is 1.51. The van der Waals surface area contributed by atoms with Gasteiger partial charge < -0.3 is 5.32 Å². The summed E-state index contributed by atoms with van der Waals surface area (Å²) in [6, 6.07) is 17.5. The van der Waals surface area contributed by atoms with Gasteiger partial charge in [0.2, 0.25) is 0 Å². The Morgan fingerprint density at radius 3 is 2.33 bits per heavy atom. The van der Waals surface area contributed by atoms with Crippen molar-refractivity contribution in [1.82, 2.24) is 19.9 Å². The topological polar surface area (TPSA) is 59.3 Å². The van der Waals surface area contributed by atoms with E-state index in [0.717, 1.165) is 27.8 Å². The molecule has 0 bridgehead atoms. The van der Waals surface area contributed by atoms with E-state index in [9.17, 15) is 18.0 Å². The molecule has 2 aromatic heterocycles. The van der Waals surface area contributed by atoms with Gasteiger partial charge in [-0.3, -0.25) is 9.20 Å². The number of benzene rings is 2. The highest BCUT2D eigenvalue weighted by Gasteiger charge is 2.32. The van der Waals surface area contributed by atoms with Crippen LogP contribution in [-0.4, -0.2) is 20.5 Å². The number of nitrogens with one attached hydrogen (secondary N) is 1. The summed E-state index contributed by atoms with van der Waals surface area (Å²) in [7, 11) is 0. The molecule has 0 unspecified atom stereocenters.